The smallest absolute Gasteiger partial charge is 0.224 e. The zero-order chi connectivity index (χ0) is 13.8. The quantitative estimate of drug-likeness (QED) is 0.897. The second-order valence-electron chi connectivity index (χ2n) is 6.22. The fourth-order valence-corrected chi connectivity index (χ4v) is 3.46. The Bertz CT molecular complexity index is 446. The van der Waals surface area contributed by atoms with E-state index in [4.69, 9.17) is 0 Å². The van der Waals surface area contributed by atoms with E-state index in [0.717, 1.165) is 32.5 Å². The van der Waals surface area contributed by atoms with Crippen LogP contribution in [0.5, 0.6) is 0 Å². The van der Waals surface area contributed by atoms with Gasteiger partial charge in [-0.15, -0.1) is 0 Å². The number of fused-ring (bicyclic) bond motifs is 3. The zero-order valence-electron chi connectivity index (χ0n) is 12.1. The predicted molar refractivity (Wildman–Crippen MR) is 80.2 cm³/mol. The van der Waals surface area contributed by atoms with E-state index in [1.807, 2.05) is 0 Å². The molecule has 2 saturated heterocycles. The highest BCUT2D eigenvalue weighted by atomic mass is 16.2. The van der Waals surface area contributed by atoms with Crippen LogP contribution < -0.4 is 5.32 Å². The van der Waals surface area contributed by atoms with Crippen molar-refractivity contribution in [3.05, 3.63) is 35.9 Å². The molecule has 2 unspecified atom stereocenters. The summed E-state index contributed by atoms with van der Waals surface area (Å²) >= 11 is 0. The minimum Gasteiger partial charge on any atom is -0.352 e. The molecule has 0 radical (unpaired) electrons. The minimum atomic E-state index is 0.182. The maximum absolute atomic E-state index is 12.3. The van der Waals surface area contributed by atoms with Gasteiger partial charge in [-0.1, -0.05) is 49.6 Å². The van der Waals surface area contributed by atoms with Crippen molar-refractivity contribution in [2.45, 2.75) is 44.7 Å². The van der Waals surface area contributed by atoms with Crippen molar-refractivity contribution in [3.8, 4) is 0 Å². The molecule has 2 aliphatic heterocycles. The van der Waals surface area contributed by atoms with Crippen LogP contribution in [-0.2, 0) is 11.3 Å². The number of hydrogen-bond acceptors (Lipinski definition) is 2. The zero-order valence-corrected chi connectivity index (χ0v) is 12.1. The van der Waals surface area contributed by atoms with Gasteiger partial charge in [0.1, 0.15) is 0 Å². The van der Waals surface area contributed by atoms with E-state index in [9.17, 15) is 4.79 Å². The van der Waals surface area contributed by atoms with Gasteiger partial charge in [0.2, 0.25) is 5.91 Å². The number of hydrogen-bond donors (Lipinski definition) is 1. The summed E-state index contributed by atoms with van der Waals surface area (Å²) in [6, 6.07) is 10.9. The van der Waals surface area contributed by atoms with E-state index >= 15 is 0 Å². The van der Waals surface area contributed by atoms with Gasteiger partial charge in [0.25, 0.3) is 0 Å². The molecule has 1 aromatic rings. The molecule has 1 aromatic carbocycles. The van der Waals surface area contributed by atoms with Gasteiger partial charge >= 0.3 is 0 Å². The molecule has 3 rings (SSSR count). The molecule has 108 valence electrons. The van der Waals surface area contributed by atoms with E-state index in [1.165, 1.54) is 24.8 Å². The Morgan fingerprint density at radius 2 is 1.85 bits per heavy atom. The molecular formula is C17H24N2O. The Balaban J connectivity index is 1.73. The third-order valence-corrected chi connectivity index (χ3v) is 4.53. The average molecular weight is 272 g/mol. The first-order valence-corrected chi connectivity index (χ1v) is 7.88. The Labute approximate surface area is 121 Å². The number of nitrogens with zero attached hydrogens (tertiary/aromatic N) is 1. The first kappa shape index (κ1) is 13.6. The van der Waals surface area contributed by atoms with Crippen LogP contribution in [0.15, 0.2) is 30.3 Å². The summed E-state index contributed by atoms with van der Waals surface area (Å²) in [5.41, 5.74) is 1.34. The molecule has 0 spiro atoms. The monoisotopic (exact) mass is 272 g/mol. The second kappa shape index (κ2) is 6.40. The summed E-state index contributed by atoms with van der Waals surface area (Å²) in [4.78, 5) is 14.7. The van der Waals surface area contributed by atoms with Crippen molar-refractivity contribution in [1.29, 1.82) is 0 Å². The van der Waals surface area contributed by atoms with Crippen LogP contribution in [0.25, 0.3) is 0 Å². The van der Waals surface area contributed by atoms with Gasteiger partial charge in [-0.05, 0) is 18.4 Å². The Kier molecular flexibility index (Phi) is 4.36. The van der Waals surface area contributed by atoms with Crippen molar-refractivity contribution in [1.82, 2.24) is 10.2 Å². The number of amides is 1. The van der Waals surface area contributed by atoms with Crippen molar-refractivity contribution in [3.63, 3.8) is 0 Å². The molecule has 20 heavy (non-hydrogen) atoms. The number of carbonyl (C=O) groups is 1. The van der Waals surface area contributed by atoms with Crippen molar-refractivity contribution >= 4 is 5.91 Å². The third kappa shape index (κ3) is 3.40. The molecule has 2 heterocycles. The van der Waals surface area contributed by atoms with Gasteiger partial charge in [-0.3, -0.25) is 9.69 Å². The van der Waals surface area contributed by atoms with Gasteiger partial charge in [0.15, 0.2) is 0 Å². The van der Waals surface area contributed by atoms with Crippen LogP contribution in [-0.4, -0.2) is 29.9 Å². The Hall–Kier alpha value is -1.35. The molecule has 2 aliphatic rings. The van der Waals surface area contributed by atoms with Gasteiger partial charge < -0.3 is 5.32 Å². The first-order valence-electron chi connectivity index (χ1n) is 7.88. The highest BCUT2D eigenvalue weighted by Gasteiger charge is 2.30. The standard InChI is InChI=1S/C17H24N2O/c20-17-15-9-5-2-6-10-16(18-17)13-19(12-15)11-14-7-3-1-4-8-14/h1,3-4,7-8,15-16H,2,5-6,9-13H2,(H,18,20). The molecule has 2 fully saturated rings. The van der Waals surface area contributed by atoms with E-state index in [2.05, 4.69) is 40.5 Å². The SMILES string of the molecule is O=C1NC2CCCCCC1CN(Cc1ccccc1)C2. The molecule has 1 N–H and O–H groups in total. The van der Waals surface area contributed by atoms with Crippen molar-refractivity contribution in [2.24, 2.45) is 5.92 Å². The summed E-state index contributed by atoms with van der Waals surface area (Å²) < 4.78 is 0. The fraction of sp³-hybridized carbons (Fsp3) is 0.588. The number of carbonyl (C=O) groups excluding carboxylic acids is 1. The van der Waals surface area contributed by atoms with Gasteiger partial charge in [0, 0.05) is 25.7 Å². The summed E-state index contributed by atoms with van der Waals surface area (Å²) in [5.74, 6) is 0.467. The molecule has 2 bridgehead atoms. The highest BCUT2D eigenvalue weighted by Crippen LogP contribution is 2.22. The second-order valence-corrected chi connectivity index (χ2v) is 6.22. The molecule has 0 aromatic heterocycles. The highest BCUT2D eigenvalue weighted by molar-refractivity contribution is 5.79. The largest absolute Gasteiger partial charge is 0.352 e. The van der Waals surface area contributed by atoms with Gasteiger partial charge in [-0.25, -0.2) is 0 Å². The number of benzene rings is 1. The molecule has 1 amide bonds. The van der Waals surface area contributed by atoms with E-state index in [0.29, 0.717) is 6.04 Å². The lowest BCUT2D eigenvalue weighted by Crippen LogP contribution is -2.39. The molecule has 3 nitrogen and oxygen atoms in total. The van der Waals surface area contributed by atoms with E-state index < -0.39 is 0 Å². The molecular weight excluding hydrogens is 248 g/mol. The van der Waals surface area contributed by atoms with Gasteiger partial charge in [-0.2, -0.15) is 0 Å². The number of rotatable bonds is 2. The Morgan fingerprint density at radius 3 is 2.70 bits per heavy atom. The van der Waals surface area contributed by atoms with E-state index in [-0.39, 0.29) is 11.8 Å². The molecule has 0 saturated carbocycles. The van der Waals surface area contributed by atoms with Crippen molar-refractivity contribution in [2.75, 3.05) is 13.1 Å². The molecule has 3 heteroatoms. The average Bonchev–Trinajstić information content (AvgIpc) is 2.54. The van der Waals surface area contributed by atoms with Crippen molar-refractivity contribution < 1.29 is 4.79 Å². The first-order chi connectivity index (χ1) is 9.81. The normalized spacial score (nSPS) is 28.1. The van der Waals surface area contributed by atoms with Crippen LogP contribution in [0.2, 0.25) is 0 Å². The minimum absolute atomic E-state index is 0.182. The lowest BCUT2D eigenvalue weighted by atomic mass is 9.99. The summed E-state index contributed by atoms with van der Waals surface area (Å²) in [7, 11) is 0. The van der Waals surface area contributed by atoms with Gasteiger partial charge in [0.05, 0.1) is 5.92 Å². The van der Waals surface area contributed by atoms with Crippen LogP contribution >= 0.6 is 0 Å². The third-order valence-electron chi connectivity index (χ3n) is 4.53. The van der Waals surface area contributed by atoms with E-state index in [1.54, 1.807) is 0 Å². The lowest BCUT2D eigenvalue weighted by Gasteiger charge is -2.26. The van der Waals surface area contributed by atoms with Crippen LogP contribution in [0.3, 0.4) is 0 Å². The maximum Gasteiger partial charge on any atom is 0.224 e. The lowest BCUT2D eigenvalue weighted by molar-refractivity contribution is -0.125. The maximum atomic E-state index is 12.3. The summed E-state index contributed by atoms with van der Waals surface area (Å²) in [6.07, 6.45) is 5.90. The van der Waals surface area contributed by atoms with Crippen LogP contribution in [0.4, 0.5) is 0 Å². The van der Waals surface area contributed by atoms with Crippen LogP contribution in [0, 0.1) is 5.92 Å². The summed E-state index contributed by atoms with van der Waals surface area (Å²) in [5, 5.41) is 3.26. The summed E-state index contributed by atoms with van der Waals surface area (Å²) in [6.45, 7) is 2.87. The molecule has 0 aliphatic carbocycles. The fourth-order valence-electron chi connectivity index (χ4n) is 3.46. The Morgan fingerprint density at radius 1 is 1.05 bits per heavy atom. The number of nitrogens with one attached hydrogen (secondary N) is 1. The predicted octanol–water partition coefficient (Wildman–Crippen LogP) is 2.57. The van der Waals surface area contributed by atoms with Crippen LogP contribution in [0.1, 0.15) is 37.7 Å². The topological polar surface area (TPSA) is 32.3 Å². The molecule has 2 atom stereocenters.